The van der Waals surface area contributed by atoms with Gasteiger partial charge in [0, 0.05) is 20.1 Å². The molecule has 6 heteroatoms. The second-order valence-electron chi connectivity index (χ2n) is 5.00. The second-order valence-corrected chi connectivity index (χ2v) is 5.00. The minimum absolute atomic E-state index is 0.138. The van der Waals surface area contributed by atoms with Crippen LogP contribution in [0.25, 0.3) is 0 Å². The molecule has 1 amide bonds. The van der Waals surface area contributed by atoms with E-state index in [4.69, 9.17) is 4.74 Å². The van der Waals surface area contributed by atoms with Crippen molar-refractivity contribution >= 4 is 17.7 Å². The SMILES string of the molecule is CCOC(=O)C1CCCN(C(=O)c2cccc(NC)n2)C1. The van der Waals surface area contributed by atoms with Crippen molar-refractivity contribution in [2.75, 3.05) is 32.1 Å². The fraction of sp³-hybridized carbons (Fsp3) is 0.533. The first-order valence-electron chi connectivity index (χ1n) is 7.26. The Bertz CT molecular complexity index is 519. The van der Waals surface area contributed by atoms with Crippen molar-refractivity contribution in [3.05, 3.63) is 23.9 Å². The lowest BCUT2D eigenvalue weighted by Crippen LogP contribution is -2.43. The molecule has 0 saturated carbocycles. The topological polar surface area (TPSA) is 71.5 Å². The summed E-state index contributed by atoms with van der Waals surface area (Å²) < 4.78 is 5.05. The van der Waals surface area contributed by atoms with Crippen molar-refractivity contribution in [3.8, 4) is 0 Å². The third kappa shape index (κ3) is 3.71. The van der Waals surface area contributed by atoms with Gasteiger partial charge in [-0.2, -0.15) is 0 Å². The summed E-state index contributed by atoms with van der Waals surface area (Å²) in [6.45, 7) is 3.22. The summed E-state index contributed by atoms with van der Waals surface area (Å²) in [4.78, 5) is 30.2. The van der Waals surface area contributed by atoms with Crippen molar-refractivity contribution < 1.29 is 14.3 Å². The van der Waals surface area contributed by atoms with Crippen molar-refractivity contribution in [3.63, 3.8) is 0 Å². The van der Waals surface area contributed by atoms with Crippen LogP contribution in [0.15, 0.2) is 18.2 Å². The minimum atomic E-state index is -0.227. The molecule has 0 aromatic carbocycles. The fourth-order valence-corrected chi connectivity index (χ4v) is 2.47. The van der Waals surface area contributed by atoms with E-state index >= 15 is 0 Å². The molecule has 0 radical (unpaired) electrons. The van der Waals surface area contributed by atoms with Crippen molar-refractivity contribution in [2.45, 2.75) is 19.8 Å². The number of carbonyl (C=O) groups excluding carboxylic acids is 2. The van der Waals surface area contributed by atoms with Gasteiger partial charge < -0.3 is 15.0 Å². The molecule has 6 nitrogen and oxygen atoms in total. The number of anilines is 1. The first-order valence-corrected chi connectivity index (χ1v) is 7.26. The summed E-state index contributed by atoms with van der Waals surface area (Å²) in [5.41, 5.74) is 0.395. The molecule has 1 fully saturated rings. The summed E-state index contributed by atoms with van der Waals surface area (Å²) in [6.07, 6.45) is 1.58. The van der Waals surface area contributed by atoms with E-state index in [2.05, 4.69) is 10.3 Å². The van der Waals surface area contributed by atoms with E-state index in [1.807, 2.05) is 0 Å². The highest BCUT2D eigenvalue weighted by Gasteiger charge is 2.30. The summed E-state index contributed by atoms with van der Waals surface area (Å²) in [5, 5.41) is 2.91. The van der Waals surface area contributed by atoms with Gasteiger partial charge in [0.1, 0.15) is 11.5 Å². The summed E-state index contributed by atoms with van der Waals surface area (Å²) in [5.74, 6) is 0.0722. The number of aromatic nitrogens is 1. The highest BCUT2D eigenvalue weighted by molar-refractivity contribution is 5.93. The average Bonchev–Trinajstić information content (AvgIpc) is 2.54. The number of rotatable bonds is 4. The molecule has 1 atom stereocenters. The Balaban J connectivity index is 2.06. The molecule has 2 rings (SSSR count). The summed E-state index contributed by atoms with van der Waals surface area (Å²) in [7, 11) is 1.76. The number of nitrogens with one attached hydrogen (secondary N) is 1. The minimum Gasteiger partial charge on any atom is -0.466 e. The van der Waals surface area contributed by atoms with Gasteiger partial charge in [0.25, 0.3) is 5.91 Å². The van der Waals surface area contributed by atoms with Crippen molar-refractivity contribution in [1.29, 1.82) is 0 Å². The van der Waals surface area contributed by atoms with Crippen molar-refractivity contribution in [2.24, 2.45) is 5.92 Å². The predicted molar refractivity (Wildman–Crippen MR) is 79.0 cm³/mol. The van der Waals surface area contributed by atoms with Gasteiger partial charge in [-0.3, -0.25) is 9.59 Å². The Hall–Kier alpha value is -2.11. The zero-order valence-corrected chi connectivity index (χ0v) is 12.5. The second kappa shape index (κ2) is 7.06. The number of likely N-dealkylation sites (tertiary alicyclic amines) is 1. The van der Waals surface area contributed by atoms with Crippen LogP contribution in [-0.2, 0) is 9.53 Å². The maximum Gasteiger partial charge on any atom is 0.310 e. The molecule has 1 aromatic heterocycles. The van der Waals surface area contributed by atoms with Gasteiger partial charge in [-0.05, 0) is 31.9 Å². The van der Waals surface area contributed by atoms with Crippen LogP contribution in [-0.4, -0.2) is 48.5 Å². The van der Waals surface area contributed by atoms with E-state index < -0.39 is 0 Å². The first kappa shape index (κ1) is 15.3. The first-order chi connectivity index (χ1) is 10.2. The molecule has 0 bridgehead atoms. The highest BCUT2D eigenvalue weighted by atomic mass is 16.5. The molecule has 1 aliphatic rings. The molecule has 1 N–H and O–H groups in total. The maximum atomic E-state index is 12.5. The van der Waals surface area contributed by atoms with Crippen molar-refractivity contribution in [1.82, 2.24) is 9.88 Å². The van der Waals surface area contributed by atoms with Crippen LogP contribution in [0.5, 0.6) is 0 Å². The largest absolute Gasteiger partial charge is 0.466 e. The van der Waals surface area contributed by atoms with Gasteiger partial charge in [0.2, 0.25) is 0 Å². The van der Waals surface area contributed by atoms with Crippen LogP contribution < -0.4 is 5.32 Å². The number of pyridine rings is 1. The molecular formula is C15H21N3O3. The molecule has 0 aliphatic carbocycles. The van der Waals surface area contributed by atoms with Gasteiger partial charge in [0.15, 0.2) is 0 Å². The molecule has 1 aliphatic heterocycles. The molecule has 2 heterocycles. The number of esters is 1. The van der Waals surface area contributed by atoms with E-state index in [0.29, 0.717) is 31.2 Å². The lowest BCUT2D eigenvalue weighted by atomic mass is 9.98. The summed E-state index contributed by atoms with van der Waals surface area (Å²) in [6, 6.07) is 5.28. The van der Waals surface area contributed by atoms with E-state index in [-0.39, 0.29) is 17.8 Å². The highest BCUT2D eigenvalue weighted by Crippen LogP contribution is 2.19. The van der Waals surface area contributed by atoms with Gasteiger partial charge in [-0.15, -0.1) is 0 Å². The fourth-order valence-electron chi connectivity index (χ4n) is 2.47. The van der Waals surface area contributed by atoms with E-state index in [1.165, 1.54) is 0 Å². The summed E-state index contributed by atoms with van der Waals surface area (Å²) >= 11 is 0. The van der Waals surface area contributed by atoms with Crippen LogP contribution in [0, 0.1) is 5.92 Å². The Morgan fingerprint density at radius 2 is 2.29 bits per heavy atom. The number of nitrogens with zero attached hydrogens (tertiary/aromatic N) is 2. The van der Waals surface area contributed by atoms with Gasteiger partial charge in [-0.1, -0.05) is 6.07 Å². The predicted octanol–water partition coefficient (Wildman–Crippen LogP) is 1.54. The number of amides is 1. The Morgan fingerprint density at radius 3 is 3.00 bits per heavy atom. The van der Waals surface area contributed by atoms with Crippen LogP contribution >= 0.6 is 0 Å². The Labute approximate surface area is 124 Å². The van der Waals surface area contributed by atoms with Crippen LogP contribution in [0.4, 0.5) is 5.82 Å². The molecule has 1 unspecified atom stereocenters. The number of hydrogen-bond acceptors (Lipinski definition) is 5. The monoisotopic (exact) mass is 291 g/mol. The zero-order valence-electron chi connectivity index (χ0n) is 12.5. The van der Waals surface area contributed by atoms with Crippen LogP contribution in [0.1, 0.15) is 30.3 Å². The quantitative estimate of drug-likeness (QED) is 0.852. The van der Waals surface area contributed by atoms with E-state index in [0.717, 1.165) is 12.8 Å². The Kier molecular flexibility index (Phi) is 5.14. The van der Waals surface area contributed by atoms with Gasteiger partial charge >= 0.3 is 5.97 Å². The molecule has 0 spiro atoms. The number of ether oxygens (including phenoxy) is 1. The lowest BCUT2D eigenvalue weighted by Gasteiger charge is -2.31. The van der Waals surface area contributed by atoms with Gasteiger partial charge in [0.05, 0.1) is 12.5 Å². The molecule has 1 saturated heterocycles. The number of piperidine rings is 1. The maximum absolute atomic E-state index is 12.5. The number of hydrogen-bond donors (Lipinski definition) is 1. The third-order valence-electron chi connectivity index (χ3n) is 3.55. The van der Waals surface area contributed by atoms with Crippen LogP contribution in [0.2, 0.25) is 0 Å². The lowest BCUT2D eigenvalue weighted by molar-refractivity contribution is -0.149. The standard InChI is InChI=1S/C15H21N3O3/c1-3-21-15(20)11-6-5-9-18(10-11)14(19)12-7-4-8-13(16-2)17-12/h4,7-8,11H,3,5-6,9-10H2,1-2H3,(H,16,17). The molecule has 114 valence electrons. The van der Waals surface area contributed by atoms with Gasteiger partial charge in [-0.25, -0.2) is 4.98 Å². The zero-order chi connectivity index (χ0) is 15.2. The van der Waals surface area contributed by atoms with E-state index in [9.17, 15) is 9.59 Å². The average molecular weight is 291 g/mol. The molecular weight excluding hydrogens is 270 g/mol. The van der Waals surface area contributed by atoms with Crippen LogP contribution in [0.3, 0.4) is 0 Å². The third-order valence-corrected chi connectivity index (χ3v) is 3.55. The molecule has 1 aromatic rings. The molecule has 21 heavy (non-hydrogen) atoms. The Morgan fingerprint density at radius 1 is 1.48 bits per heavy atom. The number of carbonyl (C=O) groups is 2. The smallest absolute Gasteiger partial charge is 0.310 e. The normalized spacial score (nSPS) is 18.2. The van der Waals surface area contributed by atoms with E-state index in [1.54, 1.807) is 37.1 Å².